The number of benzene rings is 2. The number of nitrogens with one attached hydrogen (secondary N) is 2. The highest BCUT2D eigenvalue weighted by Crippen LogP contribution is 2.29. The molecule has 1 aliphatic heterocycles. The van der Waals surface area contributed by atoms with E-state index in [-0.39, 0.29) is 29.4 Å². The molecule has 0 bridgehead atoms. The minimum atomic E-state index is -0.618. The van der Waals surface area contributed by atoms with Gasteiger partial charge in [-0.05, 0) is 94.1 Å². The summed E-state index contributed by atoms with van der Waals surface area (Å²) in [7, 11) is 2.18. The van der Waals surface area contributed by atoms with Crippen molar-refractivity contribution in [2.24, 2.45) is 0 Å². The molecule has 2 aromatic heterocycles. The fourth-order valence-electron chi connectivity index (χ4n) is 6.21. The van der Waals surface area contributed by atoms with Crippen LogP contribution in [0.3, 0.4) is 0 Å². The van der Waals surface area contributed by atoms with Gasteiger partial charge in [0.25, 0.3) is 11.8 Å². The summed E-state index contributed by atoms with van der Waals surface area (Å²) in [6.07, 6.45) is 5.03. The molecule has 246 valence electrons. The molecule has 11 heteroatoms. The Balaban J connectivity index is 1.06. The Morgan fingerprint density at radius 2 is 1.68 bits per heavy atom. The summed E-state index contributed by atoms with van der Waals surface area (Å²) >= 11 is 1.44. The van der Waals surface area contributed by atoms with Crippen molar-refractivity contribution in [1.29, 1.82) is 0 Å². The first-order valence-electron chi connectivity index (χ1n) is 16.3. The maximum absolute atomic E-state index is 14.3. The summed E-state index contributed by atoms with van der Waals surface area (Å²) in [6, 6.07) is 17.2. The van der Waals surface area contributed by atoms with Crippen LogP contribution in [0, 0.1) is 12.7 Å². The second kappa shape index (κ2) is 15.1. The zero-order valence-corrected chi connectivity index (χ0v) is 27.7. The Morgan fingerprint density at radius 3 is 2.40 bits per heavy atom. The Labute approximate surface area is 279 Å². The molecule has 4 aromatic rings. The molecule has 2 amide bonds. The van der Waals surface area contributed by atoms with Crippen LogP contribution in [0.4, 0.5) is 4.39 Å². The number of ether oxygens (including phenoxy) is 1. The quantitative estimate of drug-likeness (QED) is 0.226. The summed E-state index contributed by atoms with van der Waals surface area (Å²) in [6.45, 7) is 7.22. The van der Waals surface area contributed by atoms with Gasteiger partial charge in [0.05, 0.1) is 11.2 Å². The molecule has 47 heavy (non-hydrogen) atoms. The normalized spacial score (nSPS) is 19.1. The minimum Gasteiger partial charge on any atom is -0.438 e. The number of carbonyl (C=O) groups is 2. The lowest BCUT2D eigenvalue weighted by Crippen LogP contribution is -2.44. The number of amides is 2. The molecule has 0 spiro atoms. The fraction of sp³-hybridized carbons (Fsp3) is 0.389. The molecular formula is C36H41FN6O3S. The van der Waals surface area contributed by atoms with Gasteiger partial charge in [0, 0.05) is 37.1 Å². The summed E-state index contributed by atoms with van der Waals surface area (Å²) in [5.41, 5.74) is 3.76. The molecule has 6 rings (SSSR count). The Morgan fingerprint density at radius 1 is 0.936 bits per heavy atom. The van der Waals surface area contributed by atoms with Crippen molar-refractivity contribution in [3.05, 3.63) is 93.8 Å². The first-order valence-corrected chi connectivity index (χ1v) is 17.1. The minimum absolute atomic E-state index is 0.0115. The predicted octanol–water partition coefficient (Wildman–Crippen LogP) is 6.05. The number of nitrogens with zero attached hydrogens (tertiary/aromatic N) is 4. The molecule has 3 heterocycles. The molecule has 2 fully saturated rings. The molecule has 2 aliphatic rings. The second-order valence-electron chi connectivity index (χ2n) is 12.5. The monoisotopic (exact) mass is 656 g/mol. The van der Waals surface area contributed by atoms with Crippen molar-refractivity contribution in [3.63, 3.8) is 0 Å². The Hall–Kier alpha value is -4.19. The molecule has 2 aromatic carbocycles. The van der Waals surface area contributed by atoms with Gasteiger partial charge in [-0.3, -0.25) is 14.5 Å². The molecule has 0 unspecified atom stereocenters. The van der Waals surface area contributed by atoms with Crippen LogP contribution in [0.1, 0.15) is 63.5 Å². The number of aryl methyl sites for hydroxylation is 1. The van der Waals surface area contributed by atoms with E-state index in [0.717, 1.165) is 61.1 Å². The predicted molar refractivity (Wildman–Crippen MR) is 181 cm³/mol. The molecule has 2 N–H and O–H groups in total. The summed E-state index contributed by atoms with van der Waals surface area (Å²) in [5.74, 6) is -0.696. The third-order valence-electron chi connectivity index (χ3n) is 8.87. The van der Waals surface area contributed by atoms with Gasteiger partial charge in [0.2, 0.25) is 5.88 Å². The van der Waals surface area contributed by atoms with Crippen molar-refractivity contribution in [2.45, 2.75) is 57.7 Å². The maximum Gasteiger partial charge on any atom is 0.270 e. The molecule has 1 saturated carbocycles. The van der Waals surface area contributed by atoms with Crippen LogP contribution in [0.25, 0.3) is 11.1 Å². The standard InChI is InChI=1S/C36H41FN6O3S/c1-24-39-33(23-47-24)35(45)41-30-13-11-29(12-14-30)40-34(44)32-20-28(37)21-38-36(32)46-31-6-3-5-27(19-31)26-9-7-25(8-10-26)22-43-16-4-15-42(2)17-18-43/h3,5-10,19-21,23,29-30H,4,11-18,22H2,1-2H3,(H,40,44)(H,41,45). The Bertz CT molecular complexity index is 1690. The number of likely N-dealkylation sites (N-methyl/N-ethyl adjacent to an activating group) is 1. The van der Waals surface area contributed by atoms with Crippen LogP contribution in [-0.2, 0) is 6.54 Å². The smallest absolute Gasteiger partial charge is 0.270 e. The lowest BCUT2D eigenvalue weighted by Gasteiger charge is -2.29. The highest BCUT2D eigenvalue weighted by atomic mass is 32.1. The average molecular weight is 657 g/mol. The number of carbonyl (C=O) groups excluding carboxylic acids is 2. The van der Waals surface area contributed by atoms with E-state index in [1.807, 2.05) is 25.1 Å². The molecule has 9 nitrogen and oxygen atoms in total. The van der Waals surface area contributed by atoms with Gasteiger partial charge >= 0.3 is 0 Å². The van der Waals surface area contributed by atoms with E-state index >= 15 is 0 Å². The van der Waals surface area contributed by atoms with Crippen LogP contribution < -0.4 is 15.4 Å². The van der Waals surface area contributed by atoms with E-state index in [4.69, 9.17) is 4.74 Å². The first kappa shape index (κ1) is 32.7. The Kier molecular flexibility index (Phi) is 10.5. The molecule has 1 saturated heterocycles. The lowest BCUT2D eigenvalue weighted by molar-refractivity contribution is 0.0888. The van der Waals surface area contributed by atoms with Crippen molar-refractivity contribution >= 4 is 23.2 Å². The van der Waals surface area contributed by atoms with Crippen molar-refractivity contribution in [1.82, 2.24) is 30.4 Å². The number of hydrogen-bond donors (Lipinski definition) is 2. The van der Waals surface area contributed by atoms with Gasteiger partial charge < -0.3 is 20.3 Å². The second-order valence-corrected chi connectivity index (χ2v) is 13.6. The van der Waals surface area contributed by atoms with Crippen LogP contribution in [0.2, 0.25) is 0 Å². The maximum atomic E-state index is 14.3. The number of rotatable bonds is 9. The molecule has 0 radical (unpaired) electrons. The van der Waals surface area contributed by atoms with Gasteiger partial charge in [-0.1, -0.05) is 36.4 Å². The van der Waals surface area contributed by atoms with Crippen LogP contribution in [0.15, 0.2) is 66.2 Å². The van der Waals surface area contributed by atoms with E-state index in [2.05, 4.69) is 61.7 Å². The van der Waals surface area contributed by atoms with E-state index < -0.39 is 11.7 Å². The average Bonchev–Trinajstić information content (AvgIpc) is 3.41. The van der Waals surface area contributed by atoms with Gasteiger partial charge in [0.15, 0.2) is 0 Å². The number of aromatic nitrogens is 2. The number of thiazole rings is 1. The van der Waals surface area contributed by atoms with E-state index in [1.54, 1.807) is 11.4 Å². The van der Waals surface area contributed by atoms with Crippen LogP contribution in [-0.4, -0.2) is 76.9 Å². The van der Waals surface area contributed by atoms with E-state index in [9.17, 15) is 14.0 Å². The van der Waals surface area contributed by atoms with Crippen molar-refractivity contribution in [2.75, 3.05) is 33.2 Å². The van der Waals surface area contributed by atoms with Crippen LogP contribution in [0.5, 0.6) is 11.6 Å². The largest absolute Gasteiger partial charge is 0.438 e. The van der Waals surface area contributed by atoms with Gasteiger partial charge in [-0.15, -0.1) is 11.3 Å². The number of hydrogen-bond acceptors (Lipinski definition) is 8. The lowest BCUT2D eigenvalue weighted by atomic mass is 9.91. The molecular weight excluding hydrogens is 616 g/mol. The van der Waals surface area contributed by atoms with Crippen molar-refractivity contribution in [3.8, 4) is 22.8 Å². The van der Waals surface area contributed by atoms with Crippen LogP contribution >= 0.6 is 11.3 Å². The number of halogens is 1. The van der Waals surface area contributed by atoms with Gasteiger partial charge in [-0.25, -0.2) is 14.4 Å². The highest BCUT2D eigenvalue weighted by Gasteiger charge is 2.26. The summed E-state index contributed by atoms with van der Waals surface area (Å²) < 4.78 is 20.4. The van der Waals surface area contributed by atoms with Gasteiger partial charge in [0.1, 0.15) is 22.8 Å². The van der Waals surface area contributed by atoms with E-state index in [1.165, 1.54) is 23.3 Å². The van der Waals surface area contributed by atoms with Crippen molar-refractivity contribution < 1.29 is 18.7 Å². The molecule has 1 aliphatic carbocycles. The molecule has 0 atom stereocenters. The topological polar surface area (TPSA) is 99.7 Å². The van der Waals surface area contributed by atoms with E-state index in [0.29, 0.717) is 37.1 Å². The third-order valence-corrected chi connectivity index (χ3v) is 9.64. The summed E-state index contributed by atoms with van der Waals surface area (Å²) in [4.78, 5) is 39.1. The zero-order chi connectivity index (χ0) is 32.8. The first-order chi connectivity index (χ1) is 22.8. The van der Waals surface area contributed by atoms with Gasteiger partial charge in [-0.2, -0.15) is 0 Å². The third kappa shape index (κ3) is 8.79. The SMILES string of the molecule is Cc1nc(C(=O)NC2CCC(NC(=O)c3cc(F)cnc3Oc3cccc(-c4ccc(CN5CCCN(C)CC5)cc4)c3)CC2)cs1. The fourth-order valence-corrected chi connectivity index (χ4v) is 6.81. The summed E-state index contributed by atoms with van der Waals surface area (Å²) in [5, 5.41) is 8.67. The highest BCUT2D eigenvalue weighted by molar-refractivity contribution is 7.09. The zero-order valence-electron chi connectivity index (χ0n) is 26.9. The number of pyridine rings is 1.